The van der Waals surface area contributed by atoms with E-state index in [1.807, 2.05) is 0 Å². The number of nitrogens with zero attached hydrogens (tertiary/aromatic N) is 1. The molecule has 18 nitrogen and oxygen atoms in total. The number of carbonyl (C=O) groups is 7. The molecule has 296 valence electrons. The molecule has 0 amide bonds. The summed E-state index contributed by atoms with van der Waals surface area (Å²) in [5, 5.41) is 25.4. The first kappa shape index (κ1) is 40.5. The lowest BCUT2D eigenvalue weighted by Crippen LogP contribution is -2.89. The molecule has 1 aromatic heterocycles. The number of esters is 7. The molecule has 3 heterocycles. The minimum absolute atomic E-state index is 0.0262. The minimum atomic E-state index is -2.77. The number of rotatable bonds is 6. The van der Waals surface area contributed by atoms with Gasteiger partial charge in [0.2, 0.25) is 0 Å². The summed E-state index contributed by atoms with van der Waals surface area (Å²) in [7, 11) is 0. The topological polar surface area (TPSA) is 247 Å². The maximum atomic E-state index is 14.1. The van der Waals surface area contributed by atoms with Crippen molar-refractivity contribution in [2.24, 2.45) is 17.3 Å². The standard InChI is InChI=1S/C36H45NO17/c1-15-16(2)31(44)53-28-25(43)29(51-20(6)41)35(14-47-17(3)38)30(52-21(7)42)26(49-18(4)39)24-27(50-19(5)40)36(35,34(28,9)46)54-33(24,8)13-48-32(45)23-12-37-11-10-22(15)23/h10-12,15-16,24-30,43,46H,13-14H2,1-9H3/t15-,16-,24+,25-,26+,27+,28-,29-,30+,33-,34-,35-,36-/m0/s1. The highest BCUT2D eigenvalue weighted by Gasteiger charge is 2.91. The summed E-state index contributed by atoms with van der Waals surface area (Å²) in [6.07, 6.45) is -9.35. The number of fused-ring (bicyclic) bond motifs is 5. The number of aromatic nitrogens is 1. The smallest absolute Gasteiger partial charge is 0.340 e. The SMILES string of the molecule is CC(=O)OC[C@]12[C@H](OC(C)=O)[C@H](OC(C)=O)[C@@H]3[C@@H](OC(C)=O)[C@@]14O[C@@]3(C)COC(=O)c1cnccc1[C@@H](C)[C@H](C)C(=O)O[C@@H]([C@H](O)[C@@H]2OC(C)=O)[C@]4(C)O. The number of aliphatic hydroxyl groups excluding tert-OH is 1. The van der Waals surface area contributed by atoms with Gasteiger partial charge in [-0.15, -0.1) is 0 Å². The Labute approximate surface area is 310 Å². The first-order valence-corrected chi connectivity index (χ1v) is 17.3. The Morgan fingerprint density at radius 1 is 0.852 bits per heavy atom. The van der Waals surface area contributed by atoms with Crippen molar-refractivity contribution in [1.82, 2.24) is 4.98 Å². The van der Waals surface area contributed by atoms with E-state index in [0.717, 1.165) is 41.5 Å². The molecular formula is C36H45NO17. The van der Waals surface area contributed by atoms with Crippen LogP contribution in [0.2, 0.25) is 0 Å². The van der Waals surface area contributed by atoms with E-state index < -0.39 is 132 Å². The molecule has 3 fully saturated rings. The quantitative estimate of drug-likeness (QED) is 0.295. The van der Waals surface area contributed by atoms with Crippen LogP contribution in [-0.4, -0.2) is 124 Å². The van der Waals surface area contributed by atoms with Crippen molar-refractivity contribution < 1.29 is 81.7 Å². The monoisotopic (exact) mass is 763 g/mol. The van der Waals surface area contributed by atoms with Crippen LogP contribution in [-0.2, 0) is 66.7 Å². The molecule has 1 spiro atoms. The van der Waals surface area contributed by atoms with Crippen LogP contribution in [0.25, 0.3) is 0 Å². The van der Waals surface area contributed by atoms with Crippen molar-refractivity contribution in [3.8, 4) is 0 Å². The molecule has 13 atom stereocenters. The molecule has 2 saturated carbocycles. The van der Waals surface area contributed by atoms with E-state index in [-0.39, 0.29) is 5.56 Å². The van der Waals surface area contributed by atoms with Gasteiger partial charge in [-0.3, -0.25) is 33.8 Å². The van der Waals surface area contributed by atoms with Crippen molar-refractivity contribution in [2.75, 3.05) is 13.2 Å². The molecule has 18 heteroatoms. The third kappa shape index (κ3) is 6.17. The van der Waals surface area contributed by atoms with Gasteiger partial charge in [-0.05, 0) is 31.4 Å². The fraction of sp³-hybridized carbons (Fsp3) is 0.667. The summed E-state index contributed by atoms with van der Waals surface area (Å²) in [5.41, 5.74) is -9.71. The first-order valence-electron chi connectivity index (χ1n) is 17.3. The second-order valence-corrected chi connectivity index (χ2v) is 14.8. The molecule has 2 aliphatic carbocycles. The van der Waals surface area contributed by atoms with E-state index in [1.165, 1.54) is 32.3 Å². The van der Waals surface area contributed by atoms with Gasteiger partial charge in [0, 0.05) is 47.0 Å². The number of ether oxygens (including phenoxy) is 8. The molecule has 2 N–H and O–H groups in total. The molecule has 2 aliphatic heterocycles. The van der Waals surface area contributed by atoms with Crippen LogP contribution in [0.1, 0.15) is 84.2 Å². The fourth-order valence-electron chi connectivity index (χ4n) is 9.02. The highest BCUT2D eigenvalue weighted by molar-refractivity contribution is 5.91. The van der Waals surface area contributed by atoms with Crippen LogP contribution in [0.15, 0.2) is 18.5 Å². The number of pyridine rings is 1. The lowest BCUT2D eigenvalue weighted by atomic mass is 9.45. The Hall–Kier alpha value is -4.68. The van der Waals surface area contributed by atoms with E-state index in [9.17, 15) is 43.8 Å². The molecule has 4 bridgehead atoms. The van der Waals surface area contributed by atoms with E-state index >= 15 is 0 Å². The number of cyclic esters (lactones) is 1. The van der Waals surface area contributed by atoms with E-state index in [4.69, 9.17) is 37.9 Å². The normalized spacial score (nSPS) is 39.8. The van der Waals surface area contributed by atoms with Crippen LogP contribution in [0.3, 0.4) is 0 Å². The summed E-state index contributed by atoms with van der Waals surface area (Å²) in [4.78, 5) is 96.7. The first-order chi connectivity index (χ1) is 25.1. The number of carbonyl (C=O) groups excluding carboxylic acids is 7. The maximum absolute atomic E-state index is 14.1. The predicted octanol–water partition coefficient (Wildman–Crippen LogP) is 0.463. The third-order valence-corrected chi connectivity index (χ3v) is 11.2. The third-order valence-electron chi connectivity index (χ3n) is 11.2. The van der Waals surface area contributed by atoms with Gasteiger partial charge in [-0.1, -0.05) is 13.8 Å². The summed E-state index contributed by atoms with van der Waals surface area (Å²) >= 11 is 0. The van der Waals surface area contributed by atoms with Crippen molar-refractivity contribution in [3.05, 3.63) is 29.6 Å². The molecule has 1 aromatic rings. The second kappa shape index (κ2) is 14.2. The summed E-state index contributed by atoms with van der Waals surface area (Å²) in [5.74, 6) is -10.3. The average Bonchev–Trinajstić information content (AvgIpc) is 3.29. The average molecular weight is 764 g/mol. The van der Waals surface area contributed by atoms with E-state index in [0.29, 0.717) is 5.56 Å². The van der Waals surface area contributed by atoms with E-state index in [1.54, 1.807) is 6.92 Å². The molecule has 1 saturated heterocycles. The lowest BCUT2D eigenvalue weighted by molar-refractivity contribution is -0.386. The van der Waals surface area contributed by atoms with Crippen LogP contribution < -0.4 is 0 Å². The van der Waals surface area contributed by atoms with Gasteiger partial charge in [0.05, 0.1) is 17.4 Å². The van der Waals surface area contributed by atoms with Gasteiger partial charge in [-0.2, -0.15) is 0 Å². The minimum Gasteiger partial charge on any atom is -0.465 e. The maximum Gasteiger partial charge on any atom is 0.340 e. The number of aliphatic hydroxyl groups is 2. The summed E-state index contributed by atoms with van der Waals surface area (Å²) < 4.78 is 47.8. The van der Waals surface area contributed by atoms with Crippen LogP contribution in [0, 0.1) is 17.3 Å². The largest absolute Gasteiger partial charge is 0.465 e. The highest BCUT2D eigenvalue weighted by atomic mass is 16.7. The van der Waals surface area contributed by atoms with Crippen LogP contribution in [0.4, 0.5) is 0 Å². The molecule has 0 radical (unpaired) electrons. The van der Waals surface area contributed by atoms with Crippen LogP contribution >= 0.6 is 0 Å². The lowest BCUT2D eigenvalue weighted by Gasteiger charge is -2.67. The zero-order valence-corrected chi connectivity index (χ0v) is 31.3. The highest BCUT2D eigenvalue weighted by Crippen LogP contribution is 2.70. The van der Waals surface area contributed by atoms with Crippen molar-refractivity contribution in [2.45, 2.75) is 122 Å². The Bertz CT molecular complexity index is 1740. The molecular weight excluding hydrogens is 718 g/mol. The van der Waals surface area contributed by atoms with E-state index in [2.05, 4.69) is 4.98 Å². The predicted molar refractivity (Wildman–Crippen MR) is 176 cm³/mol. The molecule has 0 unspecified atom stereocenters. The number of hydrogen-bond donors (Lipinski definition) is 2. The molecule has 5 rings (SSSR count). The van der Waals surface area contributed by atoms with Crippen molar-refractivity contribution in [1.29, 1.82) is 0 Å². The van der Waals surface area contributed by atoms with Gasteiger partial charge in [0.1, 0.15) is 54.2 Å². The van der Waals surface area contributed by atoms with Gasteiger partial charge >= 0.3 is 41.8 Å². The Balaban J connectivity index is 1.96. The number of hydrogen-bond acceptors (Lipinski definition) is 18. The van der Waals surface area contributed by atoms with Crippen molar-refractivity contribution >= 4 is 41.8 Å². The van der Waals surface area contributed by atoms with Gasteiger partial charge in [0.15, 0.2) is 17.8 Å². The summed E-state index contributed by atoms with van der Waals surface area (Å²) in [6.45, 7) is 8.85. The molecule has 4 aliphatic rings. The Kier molecular flexibility index (Phi) is 10.6. The molecule has 54 heavy (non-hydrogen) atoms. The van der Waals surface area contributed by atoms with Crippen molar-refractivity contribution in [3.63, 3.8) is 0 Å². The summed E-state index contributed by atoms with van der Waals surface area (Å²) in [6, 6.07) is 1.51. The molecule has 0 aromatic carbocycles. The fourth-order valence-corrected chi connectivity index (χ4v) is 9.02. The zero-order valence-electron chi connectivity index (χ0n) is 31.3. The van der Waals surface area contributed by atoms with Crippen LogP contribution in [0.5, 0.6) is 0 Å². The zero-order chi connectivity index (χ0) is 40.3. The Morgan fingerprint density at radius 2 is 1.43 bits per heavy atom. The Morgan fingerprint density at radius 3 is 2.00 bits per heavy atom. The van der Waals surface area contributed by atoms with Gasteiger partial charge < -0.3 is 48.1 Å². The van der Waals surface area contributed by atoms with Gasteiger partial charge in [0.25, 0.3) is 0 Å². The van der Waals surface area contributed by atoms with Gasteiger partial charge in [-0.25, -0.2) is 4.79 Å². The second-order valence-electron chi connectivity index (χ2n) is 14.8.